The average Bonchev–Trinajstić information content (AvgIpc) is 2.58. The van der Waals surface area contributed by atoms with E-state index in [0.717, 1.165) is 30.8 Å². The number of rotatable bonds is 0. The van der Waals surface area contributed by atoms with Crippen LogP contribution in [0.3, 0.4) is 0 Å². The lowest BCUT2D eigenvalue weighted by Gasteiger charge is -1.97. The molecular formula is C12H5Br2Cl2N. The Balaban J connectivity index is 2.51. The number of H-pyrrole nitrogens is 1. The highest BCUT2D eigenvalue weighted by Crippen LogP contribution is 2.36. The Hall–Kier alpha value is -0.220. The molecule has 0 unspecified atom stereocenters. The minimum Gasteiger partial charge on any atom is -0.354 e. The Morgan fingerprint density at radius 2 is 1.18 bits per heavy atom. The third kappa shape index (κ3) is 1.89. The summed E-state index contributed by atoms with van der Waals surface area (Å²) in [6.45, 7) is 0. The van der Waals surface area contributed by atoms with Gasteiger partial charge in [0.1, 0.15) is 0 Å². The van der Waals surface area contributed by atoms with Crippen LogP contribution in [0.5, 0.6) is 0 Å². The van der Waals surface area contributed by atoms with Gasteiger partial charge in [0.2, 0.25) is 0 Å². The number of fused-ring (bicyclic) bond motifs is 3. The molecule has 0 fully saturated rings. The van der Waals surface area contributed by atoms with Gasteiger partial charge in [0.05, 0.1) is 10.0 Å². The molecule has 86 valence electrons. The van der Waals surface area contributed by atoms with Gasteiger partial charge in [-0.05, 0) is 56.1 Å². The van der Waals surface area contributed by atoms with E-state index in [2.05, 4.69) is 36.8 Å². The summed E-state index contributed by atoms with van der Waals surface area (Å²) in [6.07, 6.45) is 0. The molecule has 0 atom stereocenters. The van der Waals surface area contributed by atoms with E-state index in [-0.39, 0.29) is 0 Å². The first-order valence-corrected chi connectivity index (χ1v) is 7.16. The van der Waals surface area contributed by atoms with Crippen LogP contribution in [0.25, 0.3) is 21.8 Å². The molecule has 3 rings (SSSR count). The van der Waals surface area contributed by atoms with Crippen LogP contribution in [0.15, 0.2) is 33.2 Å². The van der Waals surface area contributed by atoms with E-state index >= 15 is 0 Å². The molecule has 0 saturated heterocycles. The number of nitrogens with one attached hydrogen (secondary N) is 1. The van der Waals surface area contributed by atoms with Crippen molar-refractivity contribution in [1.29, 1.82) is 0 Å². The number of benzene rings is 2. The standard InChI is InChI=1S/C12H5Br2Cl2N/c13-7-1-5-6-2-8(14)10(16)4-12(6)17-11(5)3-9(7)15/h1-4,17H. The maximum Gasteiger partial charge on any atom is 0.0569 e. The third-order valence-corrected chi connectivity index (χ3v) is 5.07. The van der Waals surface area contributed by atoms with Gasteiger partial charge in [0, 0.05) is 30.8 Å². The summed E-state index contributed by atoms with van der Waals surface area (Å²) in [5.41, 5.74) is 2.00. The van der Waals surface area contributed by atoms with E-state index in [1.54, 1.807) is 0 Å². The van der Waals surface area contributed by atoms with Crippen molar-refractivity contribution < 1.29 is 0 Å². The van der Waals surface area contributed by atoms with Crippen LogP contribution in [0.4, 0.5) is 0 Å². The van der Waals surface area contributed by atoms with E-state index in [1.807, 2.05) is 24.3 Å². The molecule has 2 aromatic carbocycles. The quantitative estimate of drug-likeness (QED) is 0.471. The normalized spacial score (nSPS) is 11.5. The highest BCUT2D eigenvalue weighted by molar-refractivity contribution is 9.10. The van der Waals surface area contributed by atoms with E-state index in [9.17, 15) is 0 Å². The maximum absolute atomic E-state index is 6.08. The molecule has 0 aliphatic carbocycles. The molecular weight excluding hydrogens is 389 g/mol. The molecule has 0 bridgehead atoms. The predicted molar refractivity (Wildman–Crippen MR) is 81.2 cm³/mol. The molecule has 0 saturated carbocycles. The van der Waals surface area contributed by atoms with Crippen molar-refractivity contribution >= 4 is 76.9 Å². The van der Waals surface area contributed by atoms with Crippen molar-refractivity contribution in [1.82, 2.24) is 4.98 Å². The van der Waals surface area contributed by atoms with Crippen molar-refractivity contribution in [3.8, 4) is 0 Å². The first-order chi connectivity index (χ1) is 8.06. The molecule has 1 N–H and O–H groups in total. The van der Waals surface area contributed by atoms with Gasteiger partial charge in [-0.3, -0.25) is 0 Å². The van der Waals surface area contributed by atoms with Crippen LogP contribution in [-0.4, -0.2) is 4.98 Å². The number of aromatic nitrogens is 1. The SMILES string of the molecule is Clc1cc2[nH]c3cc(Cl)c(Br)cc3c2cc1Br. The second kappa shape index (κ2) is 4.16. The predicted octanol–water partition coefficient (Wildman–Crippen LogP) is 6.15. The van der Waals surface area contributed by atoms with Crippen molar-refractivity contribution in [2.24, 2.45) is 0 Å². The van der Waals surface area contributed by atoms with Crippen molar-refractivity contribution in [3.05, 3.63) is 43.3 Å². The molecule has 0 spiro atoms. The summed E-state index contributed by atoms with van der Waals surface area (Å²) < 4.78 is 1.78. The molecule has 3 aromatic rings. The summed E-state index contributed by atoms with van der Waals surface area (Å²) in [5, 5.41) is 3.62. The van der Waals surface area contributed by atoms with Gasteiger partial charge in [-0.1, -0.05) is 23.2 Å². The van der Waals surface area contributed by atoms with Gasteiger partial charge >= 0.3 is 0 Å². The van der Waals surface area contributed by atoms with Crippen molar-refractivity contribution in [2.75, 3.05) is 0 Å². The zero-order valence-corrected chi connectivity index (χ0v) is 13.0. The zero-order chi connectivity index (χ0) is 12.2. The fraction of sp³-hybridized carbons (Fsp3) is 0. The third-order valence-electron chi connectivity index (χ3n) is 2.68. The largest absolute Gasteiger partial charge is 0.354 e. The lowest BCUT2D eigenvalue weighted by Crippen LogP contribution is -1.72. The fourth-order valence-electron chi connectivity index (χ4n) is 1.89. The molecule has 0 aliphatic heterocycles. The Morgan fingerprint density at radius 3 is 1.59 bits per heavy atom. The molecule has 0 radical (unpaired) electrons. The molecule has 1 aromatic heterocycles. The van der Waals surface area contributed by atoms with E-state index in [0.29, 0.717) is 10.0 Å². The first kappa shape index (κ1) is 11.8. The Morgan fingerprint density at radius 1 is 0.765 bits per heavy atom. The average molecular weight is 394 g/mol. The second-order valence-corrected chi connectivity index (χ2v) is 6.27. The Kier molecular flexibility index (Phi) is 2.90. The van der Waals surface area contributed by atoms with Crippen LogP contribution in [0, 0.1) is 0 Å². The summed E-state index contributed by atoms with van der Waals surface area (Å²) >= 11 is 19.0. The smallest absolute Gasteiger partial charge is 0.0569 e. The van der Waals surface area contributed by atoms with E-state index in [1.165, 1.54) is 0 Å². The van der Waals surface area contributed by atoms with Crippen LogP contribution in [-0.2, 0) is 0 Å². The molecule has 0 amide bonds. The minimum absolute atomic E-state index is 0.689. The van der Waals surface area contributed by atoms with Crippen molar-refractivity contribution in [3.63, 3.8) is 0 Å². The zero-order valence-electron chi connectivity index (χ0n) is 8.32. The van der Waals surface area contributed by atoms with Crippen LogP contribution in [0.1, 0.15) is 0 Å². The number of hydrogen-bond acceptors (Lipinski definition) is 0. The van der Waals surface area contributed by atoms with Crippen LogP contribution < -0.4 is 0 Å². The molecule has 1 nitrogen and oxygen atoms in total. The van der Waals surface area contributed by atoms with E-state index in [4.69, 9.17) is 23.2 Å². The fourth-order valence-corrected chi connectivity index (χ4v) is 2.91. The summed E-state index contributed by atoms with van der Waals surface area (Å²) in [6, 6.07) is 7.83. The summed E-state index contributed by atoms with van der Waals surface area (Å²) in [7, 11) is 0. The molecule has 1 heterocycles. The highest BCUT2D eigenvalue weighted by atomic mass is 79.9. The van der Waals surface area contributed by atoms with Crippen molar-refractivity contribution in [2.45, 2.75) is 0 Å². The topological polar surface area (TPSA) is 15.8 Å². The first-order valence-electron chi connectivity index (χ1n) is 4.82. The lowest BCUT2D eigenvalue weighted by molar-refractivity contribution is 1.54. The molecule has 5 heteroatoms. The number of hydrogen-bond donors (Lipinski definition) is 1. The lowest BCUT2D eigenvalue weighted by atomic mass is 10.1. The Labute approximate surface area is 124 Å². The molecule has 0 aliphatic rings. The van der Waals surface area contributed by atoms with Gasteiger partial charge < -0.3 is 4.98 Å². The summed E-state index contributed by atoms with van der Waals surface area (Å²) in [5.74, 6) is 0. The number of aromatic amines is 1. The van der Waals surface area contributed by atoms with Gasteiger partial charge in [-0.2, -0.15) is 0 Å². The number of halogens is 4. The van der Waals surface area contributed by atoms with Gasteiger partial charge in [0.25, 0.3) is 0 Å². The van der Waals surface area contributed by atoms with Crippen LogP contribution >= 0.6 is 55.1 Å². The highest BCUT2D eigenvalue weighted by Gasteiger charge is 2.09. The van der Waals surface area contributed by atoms with E-state index < -0.39 is 0 Å². The van der Waals surface area contributed by atoms with Gasteiger partial charge in [-0.15, -0.1) is 0 Å². The molecule has 17 heavy (non-hydrogen) atoms. The van der Waals surface area contributed by atoms with Crippen LogP contribution in [0.2, 0.25) is 10.0 Å². The minimum atomic E-state index is 0.689. The monoisotopic (exact) mass is 391 g/mol. The second-order valence-electron chi connectivity index (χ2n) is 3.75. The van der Waals surface area contributed by atoms with Gasteiger partial charge in [-0.25, -0.2) is 0 Å². The Bertz CT molecular complexity index is 687. The maximum atomic E-state index is 6.08. The van der Waals surface area contributed by atoms with Gasteiger partial charge in [0.15, 0.2) is 0 Å². The summed E-state index contributed by atoms with van der Waals surface area (Å²) in [4.78, 5) is 3.30.